The van der Waals surface area contributed by atoms with Gasteiger partial charge in [0.25, 0.3) is 0 Å². The summed E-state index contributed by atoms with van der Waals surface area (Å²) in [7, 11) is 0. The number of ether oxygens (including phenoxy) is 2. The highest BCUT2D eigenvalue weighted by Gasteiger charge is 2.37. The molecule has 0 unspecified atom stereocenters. The molecule has 0 N–H and O–H groups in total. The fourth-order valence-corrected chi connectivity index (χ4v) is 4.64. The molecule has 1 aromatic carbocycles. The van der Waals surface area contributed by atoms with Crippen LogP contribution < -0.4 is 4.74 Å². The summed E-state index contributed by atoms with van der Waals surface area (Å²) in [6, 6.07) is 4.26. The van der Waals surface area contributed by atoms with Crippen LogP contribution in [0.1, 0.15) is 86.3 Å². The van der Waals surface area contributed by atoms with Gasteiger partial charge in [0.15, 0.2) is 0 Å². The van der Waals surface area contributed by atoms with Crippen molar-refractivity contribution in [3.8, 4) is 5.88 Å². The van der Waals surface area contributed by atoms with Crippen LogP contribution in [0.2, 0.25) is 5.02 Å². The van der Waals surface area contributed by atoms with Crippen LogP contribution >= 0.6 is 11.6 Å². The number of pyridine rings is 1. The van der Waals surface area contributed by atoms with Crippen LogP contribution in [0.15, 0.2) is 24.4 Å². The number of nitrogens with zero attached hydrogens (tertiary/aromatic N) is 2. The summed E-state index contributed by atoms with van der Waals surface area (Å²) >= 11 is 5.66. The summed E-state index contributed by atoms with van der Waals surface area (Å²) in [4.78, 5) is 18.7. The largest absolute Gasteiger partial charge is 0.471 e. The monoisotopic (exact) mass is 542 g/mol. The van der Waals surface area contributed by atoms with E-state index in [1.54, 1.807) is 26.8 Å². The molecule has 1 aliphatic heterocycles. The van der Waals surface area contributed by atoms with Gasteiger partial charge in [-0.2, -0.15) is 13.2 Å². The average molecular weight is 543 g/mol. The van der Waals surface area contributed by atoms with Gasteiger partial charge in [0.05, 0.1) is 22.3 Å². The van der Waals surface area contributed by atoms with Crippen molar-refractivity contribution in [2.75, 3.05) is 13.1 Å². The summed E-state index contributed by atoms with van der Waals surface area (Å²) in [6.45, 7) is 8.41. The third-order valence-electron chi connectivity index (χ3n) is 6.63. The van der Waals surface area contributed by atoms with E-state index in [-0.39, 0.29) is 11.4 Å². The average Bonchev–Trinajstić information content (AvgIpc) is 3.61. The maximum absolute atomic E-state index is 15.5. The van der Waals surface area contributed by atoms with E-state index in [0.717, 1.165) is 30.7 Å². The number of aromatic nitrogens is 1. The van der Waals surface area contributed by atoms with Gasteiger partial charge in [0.2, 0.25) is 5.88 Å². The smallest absolute Gasteiger partial charge is 0.418 e. The lowest BCUT2D eigenvalue weighted by Gasteiger charge is -2.39. The van der Waals surface area contributed by atoms with Crippen molar-refractivity contribution in [1.29, 1.82) is 0 Å². The van der Waals surface area contributed by atoms with Gasteiger partial charge >= 0.3 is 12.1 Å². The number of rotatable bonds is 6. The third-order valence-corrected chi connectivity index (χ3v) is 6.93. The van der Waals surface area contributed by atoms with Crippen molar-refractivity contribution in [3.05, 3.63) is 57.5 Å². The highest BCUT2D eigenvalue weighted by Crippen LogP contribution is 2.42. The van der Waals surface area contributed by atoms with Crippen LogP contribution in [-0.4, -0.2) is 40.1 Å². The van der Waals surface area contributed by atoms with Crippen molar-refractivity contribution >= 4 is 17.6 Å². The minimum absolute atomic E-state index is 0.0474. The van der Waals surface area contributed by atoms with Crippen molar-refractivity contribution in [3.63, 3.8) is 0 Å². The number of carbonyl (C=O) groups is 1. The fraction of sp³-hybridized carbons (Fsp3) is 0.556. The number of piperidine rings is 1. The lowest BCUT2D eigenvalue weighted by atomic mass is 9.92. The normalized spacial score (nSPS) is 18.5. The molecule has 1 aliphatic carbocycles. The Labute approximate surface area is 219 Å². The molecule has 0 bridgehead atoms. The third kappa shape index (κ3) is 6.93. The number of halogens is 5. The summed E-state index contributed by atoms with van der Waals surface area (Å²) in [5, 5.41) is -0.485. The van der Waals surface area contributed by atoms with Gasteiger partial charge in [0.1, 0.15) is 17.0 Å². The fourth-order valence-electron chi connectivity index (χ4n) is 4.43. The molecule has 37 heavy (non-hydrogen) atoms. The summed E-state index contributed by atoms with van der Waals surface area (Å²) < 4.78 is 66.4. The topological polar surface area (TPSA) is 51.7 Å². The Morgan fingerprint density at radius 1 is 1.16 bits per heavy atom. The predicted molar refractivity (Wildman–Crippen MR) is 131 cm³/mol. The predicted octanol–water partition coefficient (Wildman–Crippen LogP) is 7.16. The van der Waals surface area contributed by atoms with E-state index in [1.807, 2.05) is 13.0 Å². The van der Waals surface area contributed by atoms with E-state index in [1.165, 1.54) is 0 Å². The standard InChI is InChI=1S/C27H31ClF4N2O3/c1-25(2,3)37-24(35)19-12-17(16-5-6-16)11-18(23(19)29)15-34-9-7-26(4,8-10-34)36-22-13-20(27(30,31)32)21(28)14-33-22/h11-14,16H,5-10,15H2,1-4H3. The zero-order chi connectivity index (χ0) is 27.2. The number of likely N-dealkylation sites (tertiary alicyclic amines) is 1. The van der Waals surface area contributed by atoms with Crippen LogP contribution in [0, 0.1) is 5.82 Å². The first-order chi connectivity index (χ1) is 17.1. The molecule has 10 heteroatoms. The van der Waals surface area contributed by atoms with Crippen molar-refractivity contribution in [2.45, 2.75) is 83.2 Å². The van der Waals surface area contributed by atoms with Gasteiger partial charge in [-0.05, 0) is 70.9 Å². The van der Waals surface area contributed by atoms with Crippen molar-refractivity contribution in [1.82, 2.24) is 9.88 Å². The SMILES string of the molecule is CC(C)(C)OC(=O)c1cc(C2CC2)cc(CN2CCC(C)(Oc3cc(C(F)(F)F)c(Cl)cn3)CC2)c1F. The lowest BCUT2D eigenvalue weighted by molar-refractivity contribution is -0.137. The molecule has 0 atom stereocenters. The molecule has 202 valence electrons. The second-order valence-corrected chi connectivity index (χ2v) is 11.6. The second kappa shape index (κ2) is 10.1. The molecule has 2 fully saturated rings. The summed E-state index contributed by atoms with van der Waals surface area (Å²) in [5.74, 6) is -1.07. The molecule has 1 saturated carbocycles. The minimum Gasteiger partial charge on any atom is -0.471 e. The molecule has 2 heterocycles. The highest BCUT2D eigenvalue weighted by atomic mass is 35.5. The molecule has 4 rings (SSSR count). The summed E-state index contributed by atoms with van der Waals surface area (Å²) in [6.07, 6.45) is -0.654. The number of carbonyl (C=O) groups excluding carboxylic acids is 1. The quantitative estimate of drug-likeness (QED) is 0.286. The van der Waals surface area contributed by atoms with Crippen molar-refractivity contribution < 1.29 is 31.8 Å². The Hall–Kier alpha value is -2.39. The van der Waals surface area contributed by atoms with Gasteiger partial charge in [-0.3, -0.25) is 4.90 Å². The van der Waals surface area contributed by atoms with Gasteiger partial charge in [0, 0.05) is 31.3 Å². The second-order valence-electron chi connectivity index (χ2n) is 11.1. The first kappa shape index (κ1) is 27.6. The molecule has 1 aromatic heterocycles. The van der Waals surface area contributed by atoms with E-state index < -0.39 is 39.8 Å². The van der Waals surface area contributed by atoms with Crippen molar-refractivity contribution in [2.24, 2.45) is 0 Å². The van der Waals surface area contributed by atoms with Crippen LogP contribution in [0.25, 0.3) is 0 Å². The van der Waals surface area contributed by atoms with Crippen LogP contribution in [0.4, 0.5) is 17.6 Å². The first-order valence-corrected chi connectivity index (χ1v) is 12.7. The number of hydrogen-bond donors (Lipinski definition) is 0. The van der Waals surface area contributed by atoms with E-state index in [4.69, 9.17) is 21.1 Å². The Morgan fingerprint density at radius 2 is 1.81 bits per heavy atom. The van der Waals surface area contributed by atoms with Gasteiger partial charge in [-0.1, -0.05) is 17.7 Å². The Balaban J connectivity index is 1.46. The zero-order valence-electron chi connectivity index (χ0n) is 21.3. The van der Waals surface area contributed by atoms with Crippen LogP contribution in [0.5, 0.6) is 5.88 Å². The number of esters is 1. The van der Waals surface area contributed by atoms with E-state index in [2.05, 4.69) is 9.88 Å². The minimum atomic E-state index is -4.61. The Kier molecular flexibility index (Phi) is 7.51. The lowest BCUT2D eigenvalue weighted by Crippen LogP contribution is -2.46. The molecule has 0 radical (unpaired) electrons. The summed E-state index contributed by atoms with van der Waals surface area (Å²) in [5.41, 5.74) is -1.14. The molecule has 2 aromatic rings. The van der Waals surface area contributed by atoms with E-state index >= 15 is 4.39 Å². The van der Waals surface area contributed by atoms with Gasteiger partial charge in [-0.15, -0.1) is 0 Å². The van der Waals surface area contributed by atoms with E-state index in [0.29, 0.717) is 44.0 Å². The Bertz CT molecular complexity index is 1170. The van der Waals surface area contributed by atoms with E-state index in [9.17, 15) is 18.0 Å². The molecule has 2 aliphatic rings. The molecule has 0 spiro atoms. The number of hydrogen-bond acceptors (Lipinski definition) is 5. The molecule has 0 amide bonds. The van der Waals surface area contributed by atoms with Gasteiger partial charge < -0.3 is 9.47 Å². The maximum Gasteiger partial charge on any atom is 0.418 e. The molecular formula is C27H31ClF4N2O3. The molecule has 1 saturated heterocycles. The zero-order valence-corrected chi connectivity index (χ0v) is 22.1. The van der Waals surface area contributed by atoms with Crippen LogP contribution in [0.3, 0.4) is 0 Å². The first-order valence-electron chi connectivity index (χ1n) is 12.3. The molecule has 5 nitrogen and oxygen atoms in total. The van der Waals surface area contributed by atoms with Crippen LogP contribution in [-0.2, 0) is 17.5 Å². The number of alkyl halides is 3. The maximum atomic E-state index is 15.5. The number of benzene rings is 1. The highest BCUT2D eigenvalue weighted by molar-refractivity contribution is 6.31. The Morgan fingerprint density at radius 3 is 2.38 bits per heavy atom. The van der Waals surface area contributed by atoms with Gasteiger partial charge in [-0.25, -0.2) is 14.2 Å². The molecular weight excluding hydrogens is 512 g/mol.